The number of imidazole rings is 1. The summed E-state index contributed by atoms with van der Waals surface area (Å²) in [4.78, 5) is 4.78. The zero-order valence-electron chi connectivity index (χ0n) is 17.7. The Hall–Kier alpha value is -2.26. The molecule has 152 valence electrons. The molecule has 0 aliphatic rings. The number of nitrogens with zero attached hydrogens (tertiary/aromatic N) is 6. The van der Waals surface area contributed by atoms with E-state index in [2.05, 4.69) is 37.9 Å². The fourth-order valence-electron chi connectivity index (χ4n) is 3.66. The highest BCUT2D eigenvalue weighted by Crippen LogP contribution is 2.34. The molecule has 4 aromatic rings. The standard InChI is InChI=1S/C20H24N6OS2/c1-8-29(27)19-16-12(4)10(2)11(3)13(5)17(16)24-26(19)20-21-14-9-15(28-7)22-23-18(14)25(20)6/h9H,8H2,1-7H3. The van der Waals surface area contributed by atoms with E-state index in [4.69, 9.17) is 10.1 Å². The minimum absolute atomic E-state index is 0.507. The monoisotopic (exact) mass is 428 g/mol. The molecule has 7 nitrogen and oxygen atoms in total. The molecule has 9 heteroatoms. The predicted molar refractivity (Wildman–Crippen MR) is 119 cm³/mol. The summed E-state index contributed by atoms with van der Waals surface area (Å²) >= 11 is 1.52. The van der Waals surface area contributed by atoms with Crippen molar-refractivity contribution < 1.29 is 4.21 Å². The molecule has 0 spiro atoms. The zero-order chi connectivity index (χ0) is 21.0. The van der Waals surface area contributed by atoms with Crippen LogP contribution in [0.4, 0.5) is 0 Å². The van der Waals surface area contributed by atoms with Crippen LogP contribution in [0.3, 0.4) is 0 Å². The highest BCUT2D eigenvalue weighted by atomic mass is 32.2. The highest BCUT2D eigenvalue weighted by molar-refractivity contribution is 7.98. The summed E-state index contributed by atoms with van der Waals surface area (Å²) in [5.74, 6) is 1.10. The molecule has 0 fully saturated rings. The minimum Gasteiger partial charge on any atom is -0.295 e. The van der Waals surface area contributed by atoms with Gasteiger partial charge < -0.3 is 0 Å². The van der Waals surface area contributed by atoms with Gasteiger partial charge in [0.25, 0.3) is 0 Å². The third-order valence-corrected chi connectivity index (χ3v) is 7.66. The Morgan fingerprint density at radius 2 is 1.76 bits per heavy atom. The second-order valence-corrected chi connectivity index (χ2v) is 9.62. The van der Waals surface area contributed by atoms with Crippen LogP contribution in [-0.2, 0) is 17.8 Å². The van der Waals surface area contributed by atoms with Crippen LogP contribution in [0.5, 0.6) is 0 Å². The van der Waals surface area contributed by atoms with Crippen molar-refractivity contribution in [1.82, 2.24) is 29.5 Å². The molecule has 4 rings (SSSR count). The number of aromatic nitrogens is 6. The first-order chi connectivity index (χ1) is 13.8. The SMILES string of the molecule is CCS(=O)c1c2c(C)c(C)c(C)c(C)c2nn1-c1nc2cc(SC)nnc2n1C. The molecule has 0 aliphatic heterocycles. The van der Waals surface area contributed by atoms with Crippen LogP contribution < -0.4 is 0 Å². The summed E-state index contributed by atoms with van der Waals surface area (Å²) in [6.45, 7) is 10.3. The van der Waals surface area contributed by atoms with Crippen LogP contribution in [-0.4, -0.2) is 45.7 Å². The Balaban J connectivity index is 2.13. The van der Waals surface area contributed by atoms with E-state index in [1.54, 1.807) is 4.68 Å². The molecule has 0 bridgehead atoms. The number of benzene rings is 1. The van der Waals surface area contributed by atoms with E-state index in [9.17, 15) is 4.21 Å². The van der Waals surface area contributed by atoms with Crippen molar-refractivity contribution >= 4 is 44.6 Å². The number of aryl methyl sites for hydroxylation is 3. The Morgan fingerprint density at radius 3 is 2.41 bits per heavy atom. The van der Waals surface area contributed by atoms with Gasteiger partial charge in [-0.1, -0.05) is 6.92 Å². The summed E-state index contributed by atoms with van der Waals surface area (Å²) in [5.41, 5.74) is 6.96. The van der Waals surface area contributed by atoms with Gasteiger partial charge in [-0.15, -0.1) is 22.0 Å². The van der Waals surface area contributed by atoms with Gasteiger partial charge in [-0.2, -0.15) is 9.78 Å². The van der Waals surface area contributed by atoms with Gasteiger partial charge in [-0.25, -0.2) is 4.98 Å². The second kappa shape index (κ2) is 7.21. The van der Waals surface area contributed by atoms with Crippen LogP contribution in [0.25, 0.3) is 28.0 Å². The molecule has 1 atom stereocenters. The number of fused-ring (bicyclic) bond motifs is 2. The maximum atomic E-state index is 13.2. The van der Waals surface area contributed by atoms with E-state index < -0.39 is 10.8 Å². The second-order valence-electron chi connectivity index (χ2n) is 7.14. The average molecular weight is 429 g/mol. The first-order valence-electron chi connectivity index (χ1n) is 9.42. The fraction of sp³-hybridized carbons (Fsp3) is 0.400. The minimum atomic E-state index is -1.21. The molecule has 3 aromatic heterocycles. The molecule has 1 aromatic carbocycles. The summed E-state index contributed by atoms with van der Waals surface area (Å²) < 4.78 is 16.8. The van der Waals surface area contributed by atoms with Gasteiger partial charge in [0.05, 0.1) is 16.3 Å². The van der Waals surface area contributed by atoms with E-state index in [0.29, 0.717) is 22.4 Å². The summed E-state index contributed by atoms with van der Waals surface area (Å²) in [6, 6.07) is 1.92. The first-order valence-corrected chi connectivity index (χ1v) is 12.0. The molecule has 0 saturated carbocycles. The van der Waals surface area contributed by atoms with Crippen LogP contribution >= 0.6 is 11.8 Å². The lowest BCUT2D eigenvalue weighted by Gasteiger charge is -2.11. The van der Waals surface area contributed by atoms with Crippen LogP contribution in [0.2, 0.25) is 0 Å². The smallest absolute Gasteiger partial charge is 0.233 e. The summed E-state index contributed by atoms with van der Waals surface area (Å²) in [5, 5.41) is 15.9. The van der Waals surface area contributed by atoms with Crippen molar-refractivity contribution in [2.24, 2.45) is 7.05 Å². The van der Waals surface area contributed by atoms with Gasteiger partial charge in [0.2, 0.25) is 5.95 Å². The van der Waals surface area contributed by atoms with Gasteiger partial charge in [-0.05, 0) is 56.2 Å². The van der Waals surface area contributed by atoms with Crippen molar-refractivity contribution in [3.63, 3.8) is 0 Å². The molecule has 0 amide bonds. The van der Waals surface area contributed by atoms with Gasteiger partial charge in [0.1, 0.15) is 15.6 Å². The van der Waals surface area contributed by atoms with Crippen molar-refractivity contribution in [2.75, 3.05) is 12.0 Å². The number of hydrogen-bond acceptors (Lipinski definition) is 6. The molecule has 0 saturated heterocycles. The van der Waals surface area contributed by atoms with Crippen molar-refractivity contribution in [1.29, 1.82) is 0 Å². The number of rotatable bonds is 4. The maximum absolute atomic E-state index is 13.2. The topological polar surface area (TPSA) is 78.5 Å². The zero-order valence-corrected chi connectivity index (χ0v) is 19.3. The largest absolute Gasteiger partial charge is 0.295 e. The van der Waals surface area contributed by atoms with E-state index in [-0.39, 0.29) is 0 Å². The van der Waals surface area contributed by atoms with E-state index in [1.165, 1.54) is 22.9 Å². The normalized spacial score (nSPS) is 12.9. The van der Waals surface area contributed by atoms with Crippen molar-refractivity contribution in [3.05, 3.63) is 28.3 Å². The Kier molecular flexibility index (Phi) is 4.98. The molecule has 29 heavy (non-hydrogen) atoms. The quantitative estimate of drug-likeness (QED) is 0.460. The Morgan fingerprint density at radius 1 is 1.07 bits per heavy atom. The average Bonchev–Trinajstić information content (AvgIpc) is 3.28. The summed E-state index contributed by atoms with van der Waals surface area (Å²) in [7, 11) is 0.680. The number of thioether (sulfide) groups is 1. The van der Waals surface area contributed by atoms with Crippen LogP contribution in [0, 0.1) is 27.7 Å². The first kappa shape index (κ1) is 20.0. The predicted octanol–water partition coefficient (Wildman–Crippen LogP) is 3.79. The Bertz CT molecular complexity index is 1300. The molecule has 0 aliphatic carbocycles. The lowest BCUT2D eigenvalue weighted by molar-refractivity contribution is 0.663. The van der Waals surface area contributed by atoms with Crippen LogP contribution in [0.15, 0.2) is 16.1 Å². The maximum Gasteiger partial charge on any atom is 0.233 e. The molecule has 0 N–H and O–H groups in total. The lowest BCUT2D eigenvalue weighted by Crippen LogP contribution is -2.11. The molecule has 3 heterocycles. The van der Waals surface area contributed by atoms with Gasteiger partial charge in [-0.3, -0.25) is 8.78 Å². The molecular weight excluding hydrogens is 404 g/mol. The molecule has 0 radical (unpaired) electrons. The van der Waals surface area contributed by atoms with E-state index in [1.807, 2.05) is 30.9 Å². The third kappa shape index (κ3) is 2.90. The van der Waals surface area contributed by atoms with Crippen molar-refractivity contribution in [2.45, 2.75) is 44.7 Å². The van der Waals surface area contributed by atoms with Gasteiger partial charge in [0, 0.05) is 24.3 Å². The van der Waals surface area contributed by atoms with Gasteiger partial charge in [0.15, 0.2) is 5.65 Å². The molecular formula is C20H24N6OS2. The molecule has 1 unspecified atom stereocenters. The fourth-order valence-corrected chi connectivity index (χ4v) is 5.08. The van der Waals surface area contributed by atoms with E-state index in [0.717, 1.165) is 32.6 Å². The highest BCUT2D eigenvalue weighted by Gasteiger charge is 2.25. The lowest BCUT2D eigenvalue weighted by atomic mass is 9.96. The summed E-state index contributed by atoms with van der Waals surface area (Å²) in [6.07, 6.45) is 1.96. The van der Waals surface area contributed by atoms with E-state index >= 15 is 0 Å². The van der Waals surface area contributed by atoms with Gasteiger partial charge >= 0.3 is 0 Å². The third-order valence-electron chi connectivity index (χ3n) is 5.71. The Labute approximate surface area is 176 Å². The van der Waals surface area contributed by atoms with Crippen molar-refractivity contribution in [3.8, 4) is 5.95 Å². The number of hydrogen-bond donors (Lipinski definition) is 0. The van der Waals surface area contributed by atoms with Crippen LogP contribution in [0.1, 0.15) is 29.2 Å².